The van der Waals surface area contributed by atoms with Crippen molar-refractivity contribution in [2.75, 3.05) is 0 Å². The summed E-state index contributed by atoms with van der Waals surface area (Å²) in [5, 5.41) is 16.5. The van der Waals surface area contributed by atoms with E-state index in [1.807, 2.05) is 0 Å². The Morgan fingerprint density at radius 3 is 1.36 bits per heavy atom. The quantitative estimate of drug-likeness (QED) is 0.734. The van der Waals surface area contributed by atoms with Crippen molar-refractivity contribution in [3.8, 4) is 0 Å². The molecule has 8 heteroatoms. The molecule has 0 saturated heterocycles. The molecule has 0 amide bonds. The molecule has 0 radical (unpaired) electrons. The van der Waals surface area contributed by atoms with Gasteiger partial charge >= 0.3 is 11.9 Å². The number of carboxylic acids is 2. The smallest absolute Gasteiger partial charge is 0.316 e. The van der Waals surface area contributed by atoms with Gasteiger partial charge in [0.1, 0.15) is 10.5 Å². The van der Waals surface area contributed by atoms with Gasteiger partial charge in [-0.1, -0.05) is 72.2 Å². The third-order valence-electron chi connectivity index (χ3n) is 2.62. The molecule has 0 spiro atoms. The first kappa shape index (κ1) is 19.1. The highest BCUT2D eigenvalue weighted by molar-refractivity contribution is 8.24. The van der Waals surface area contributed by atoms with Crippen LogP contribution in [0.4, 0.5) is 0 Å². The largest absolute Gasteiger partial charge is 0.480 e. The summed E-state index contributed by atoms with van der Waals surface area (Å²) >= 11 is 12.6. The van der Waals surface area contributed by atoms with Crippen molar-refractivity contribution < 1.29 is 19.8 Å². The molecule has 0 bridgehead atoms. The molecule has 0 aromatic heterocycles. The number of carbonyl (C=O) groups is 2. The van der Waals surface area contributed by atoms with Crippen molar-refractivity contribution in [3.63, 3.8) is 0 Å². The number of carboxylic acid groups (broad SMARTS) is 2. The zero-order valence-corrected chi connectivity index (χ0v) is 15.1. The van der Waals surface area contributed by atoms with Crippen LogP contribution in [0.1, 0.15) is 25.0 Å². The van der Waals surface area contributed by atoms with E-state index in [2.05, 4.69) is 0 Å². The summed E-state index contributed by atoms with van der Waals surface area (Å²) in [6.45, 7) is 3.15. The number of benzene rings is 1. The molecular formula is C14H14O4S4. The Hall–Kier alpha value is -0.960. The standard InChI is InChI=1S/C14H14O4S4/c1-7(11(15)16)21-13(19)9-3-5-10(6-4-9)14(20)22-8(2)12(17)18/h3-8H,1-2H3,(H,15,16)(H,17,18). The molecule has 0 saturated carbocycles. The van der Waals surface area contributed by atoms with Crippen molar-refractivity contribution >= 4 is 68.3 Å². The number of hydrogen-bond donors (Lipinski definition) is 2. The Balaban J connectivity index is 2.74. The van der Waals surface area contributed by atoms with Crippen LogP contribution in [0, 0.1) is 0 Å². The van der Waals surface area contributed by atoms with Gasteiger partial charge in [0.25, 0.3) is 0 Å². The Morgan fingerprint density at radius 1 is 0.864 bits per heavy atom. The van der Waals surface area contributed by atoms with Crippen LogP contribution >= 0.6 is 48.0 Å². The summed E-state index contributed by atoms with van der Waals surface area (Å²) < 4.78 is 0.998. The summed E-state index contributed by atoms with van der Waals surface area (Å²) in [5.41, 5.74) is 1.49. The SMILES string of the molecule is CC(SC(=S)c1ccc(C(=S)SC(C)C(=O)O)cc1)C(=O)O. The zero-order valence-electron chi connectivity index (χ0n) is 11.8. The van der Waals surface area contributed by atoms with E-state index in [1.54, 1.807) is 38.1 Å². The van der Waals surface area contributed by atoms with Crippen LogP contribution in [-0.4, -0.2) is 41.0 Å². The fourth-order valence-electron chi connectivity index (χ4n) is 1.30. The highest BCUT2D eigenvalue weighted by atomic mass is 32.2. The minimum absolute atomic E-state index is 0.499. The van der Waals surface area contributed by atoms with Crippen LogP contribution in [0.2, 0.25) is 0 Å². The van der Waals surface area contributed by atoms with Crippen molar-refractivity contribution in [2.24, 2.45) is 0 Å². The first-order valence-electron chi connectivity index (χ1n) is 6.20. The average molecular weight is 375 g/mol. The van der Waals surface area contributed by atoms with E-state index in [-0.39, 0.29) is 0 Å². The van der Waals surface area contributed by atoms with E-state index in [0.29, 0.717) is 8.39 Å². The maximum absolute atomic E-state index is 10.8. The molecule has 118 valence electrons. The van der Waals surface area contributed by atoms with Crippen LogP contribution in [0.25, 0.3) is 0 Å². The van der Waals surface area contributed by atoms with E-state index in [1.165, 1.54) is 0 Å². The van der Waals surface area contributed by atoms with Crippen molar-refractivity contribution in [3.05, 3.63) is 35.4 Å². The first-order chi connectivity index (χ1) is 10.2. The monoisotopic (exact) mass is 374 g/mol. The normalized spacial score (nSPS) is 13.2. The lowest BCUT2D eigenvalue weighted by molar-refractivity contribution is -0.137. The number of hydrogen-bond acceptors (Lipinski definition) is 6. The van der Waals surface area contributed by atoms with Crippen molar-refractivity contribution in [1.82, 2.24) is 0 Å². The molecule has 1 aromatic carbocycles. The number of aliphatic carboxylic acids is 2. The van der Waals surface area contributed by atoms with Gasteiger partial charge in [0.2, 0.25) is 0 Å². The van der Waals surface area contributed by atoms with E-state index in [4.69, 9.17) is 34.6 Å². The minimum Gasteiger partial charge on any atom is -0.480 e. The second-order valence-corrected chi connectivity index (χ2v) is 8.38. The Bertz CT molecular complexity index is 544. The summed E-state index contributed by atoms with van der Waals surface area (Å²) in [6, 6.07) is 7.05. The summed E-state index contributed by atoms with van der Waals surface area (Å²) in [4.78, 5) is 21.6. The third-order valence-corrected chi connectivity index (χ3v) is 5.68. The Kier molecular flexibility index (Phi) is 7.47. The van der Waals surface area contributed by atoms with Crippen LogP contribution in [0.3, 0.4) is 0 Å². The van der Waals surface area contributed by atoms with Crippen LogP contribution in [0.5, 0.6) is 0 Å². The summed E-state index contributed by atoms with van der Waals surface area (Å²) in [5.74, 6) is -1.83. The number of thioether (sulfide) groups is 2. The molecule has 1 aromatic rings. The maximum Gasteiger partial charge on any atom is 0.316 e. The van der Waals surface area contributed by atoms with Crippen LogP contribution < -0.4 is 0 Å². The highest BCUT2D eigenvalue weighted by Crippen LogP contribution is 2.23. The Labute approximate surface area is 147 Å². The molecule has 22 heavy (non-hydrogen) atoms. The second-order valence-electron chi connectivity index (χ2n) is 4.35. The molecule has 0 fully saturated rings. The van der Waals surface area contributed by atoms with Gasteiger partial charge in [-0.2, -0.15) is 0 Å². The van der Waals surface area contributed by atoms with E-state index < -0.39 is 22.4 Å². The first-order valence-corrected chi connectivity index (χ1v) is 8.77. The van der Waals surface area contributed by atoms with Gasteiger partial charge in [-0.15, -0.1) is 0 Å². The topological polar surface area (TPSA) is 74.6 Å². The van der Waals surface area contributed by atoms with Gasteiger partial charge in [0.15, 0.2) is 0 Å². The van der Waals surface area contributed by atoms with Gasteiger partial charge in [-0.3, -0.25) is 9.59 Å². The van der Waals surface area contributed by atoms with E-state index in [0.717, 1.165) is 34.7 Å². The number of thiocarbonyl (C=S) groups is 2. The molecule has 0 aliphatic rings. The number of rotatable bonds is 6. The lowest BCUT2D eigenvalue weighted by Crippen LogP contribution is -2.14. The molecule has 4 nitrogen and oxygen atoms in total. The molecular weight excluding hydrogens is 360 g/mol. The van der Waals surface area contributed by atoms with Gasteiger partial charge in [0, 0.05) is 0 Å². The molecule has 0 aliphatic heterocycles. The molecule has 1 rings (SSSR count). The fraction of sp³-hybridized carbons (Fsp3) is 0.286. The molecule has 0 heterocycles. The van der Waals surface area contributed by atoms with Gasteiger partial charge in [-0.25, -0.2) is 0 Å². The summed E-state index contributed by atoms with van der Waals surface area (Å²) in [6.07, 6.45) is 0. The maximum atomic E-state index is 10.8. The average Bonchev–Trinajstić information content (AvgIpc) is 2.46. The van der Waals surface area contributed by atoms with E-state index in [9.17, 15) is 9.59 Å². The lowest BCUT2D eigenvalue weighted by atomic mass is 10.2. The molecule has 2 unspecified atom stereocenters. The molecule has 0 aliphatic carbocycles. The van der Waals surface area contributed by atoms with Gasteiger partial charge in [-0.05, 0) is 25.0 Å². The van der Waals surface area contributed by atoms with Crippen molar-refractivity contribution in [1.29, 1.82) is 0 Å². The van der Waals surface area contributed by atoms with Gasteiger partial charge < -0.3 is 10.2 Å². The minimum atomic E-state index is -0.913. The molecule has 2 atom stereocenters. The predicted molar refractivity (Wildman–Crippen MR) is 99.2 cm³/mol. The zero-order chi connectivity index (χ0) is 16.9. The second kappa shape index (κ2) is 8.61. The van der Waals surface area contributed by atoms with E-state index >= 15 is 0 Å². The van der Waals surface area contributed by atoms with Gasteiger partial charge in [0.05, 0.1) is 8.39 Å². The van der Waals surface area contributed by atoms with Crippen LogP contribution in [0.15, 0.2) is 24.3 Å². The third kappa shape index (κ3) is 5.68. The molecule has 2 N–H and O–H groups in total. The van der Waals surface area contributed by atoms with Crippen LogP contribution in [-0.2, 0) is 9.59 Å². The highest BCUT2D eigenvalue weighted by Gasteiger charge is 2.17. The predicted octanol–water partition coefficient (Wildman–Crippen LogP) is 3.45. The Morgan fingerprint density at radius 2 is 1.14 bits per heavy atom. The lowest BCUT2D eigenvalue weighted by Gasteiger charge is -2.10. The summed E-state index contributed by atoms with van der Waals surface area (Å²) in [7, 11) is 0. The fourth-order valence-corrected chi connectivity index (χ4v) is 3.83. The van der Waals surface area contributed by atoms with Crippen molar-refractivity contribution in [2.45, 2.75) is 24.3 Å².